The van der Waals surface area contributed by atoms with Crippen LogP contribution in [0, 0.1) is 17.8 Å². The van der Waals surface area contributed by atoms with Crippen LogP contribution in [0.25, 0.3) is 0 Å². The number of carbonyl (C=O) groups is 1. The van der Waals surface area contributed by atoms with Gasteiger partial charge in [0.15, 0.2) is 0 Å². The smallest absolute Gasteiger partial charge is 0.221 e. The standard InChI is InChI=1S/C16H30N2O/c1-11(2)14-7-4-12(3)10-15(14)18-16(19)8-9-17-13-5-6-13/h11-15,17H,4-10H2,1-3H3,(H,18,19). The SMILES string of the molecule is CC1CCC(C(C)C)C(NC(=O)CCNC2CC2)C1. The van der Waals surface area contributed by atoms with Crippen LogP contribution < -0.4 is 10.6 Å². The highest BCUT2D eigenvalue weighted by Crippen LogP contribution is 2.33. The van der Waals surface area contributed by atoms with Gasteiger partial charge in [-0.25, -0.2) is 0 Å². The molecule has 2 fully saturated rings. The predicted molar refractivity (Wildman–Crippen MR) is 78.9 cm³/mol. The van der Waals surface area contributed by atoms with Crippen molar-refractivity contribution in [3.05, 3.63) is 0 Å². The first-order valence-corrected chi connectivity index (χ1v) is 8.09. The van der Waals surface area contributed by atoms with Crippen molar-refractivity contribution in [1.29, 1.82) is 0 Å². The van der Waals surface area contributed by atoms with E-state index >= 15 is 0 Å². The van der Waals surface area contributed by atoms with Gasteiger partial charge >= 0.3 is 0 Å². The Morgan fingerprint density at radius 2 is 1.95 bits per heavy atom. The molecule has 0 radical (unpaired) electrons. The summed E-state index contributed by atoms with van der Waals surface area (Å²) in [5, 5.41) is 6.70. The molecule has 3 unspecified atom stereocenters. The van der Waals surface area contributed by atoms with Gasteiger partial charge in [-0.05, 0) is 43.4 Å². The van der Waals surface area contributed by atoms with Crippen LogP contribution in [0.5, 0.6) is 0 Å². The lowest BCUT2D eigenvalue weighted by Gasteiger charge is -2.37. The van der Waals surface area contributed by atoms with Gasteiger partial charge in [0, 0.05) is 25.0 Å². The molecule has 0 heterocycles. The predicted octanol–water partition coefficient (Wildman–Crippen LogP) is 2.71. The van der Waals surface area contributed by atoms with Crippen molar-refractivity contribution >= 4 is 5.91 Å². The van der Waals surface area contributed by atoms with Gasteiger partial charge in [0.05, 0.1) is 0 Å². The van der Waals surface area contributed by atoms with Crippen molar-refractivity contribution in [1.82, 2.24) is 10.6 Å². The van der Waals surface area contributed by atoms with Gasteiger partial charge in [-0.1, -0.05) is 27.2 Å². The highest BCUT2D eigenvalue weighted by molar-refractivity contribution is 5.76. The van der Waals surface area contributed by atoms with Crippen molar-refractivity contribution in [2.24, 2.45) is 17.8 Å². The number of amides is 1. The highest BCUT2D eigenvalue weighted by Gasteiger charge is 2.31. The topological polar surface area (TPSA) is 41.1 Å². The van der Waals surface area contributed by atoms with Crippen LogP contribution in [-0.4, -0.2) is 24.5 Å². The molecule has 19 heavy (non-hydrogen) atoms. The van der Waals surface area contributed by atoms with Gasteiger partial charge in [-0.2, -0.15) is 0 Å². The summed E-state index contributed by atoms with van der Waals surface area (Å²) in [7, 11) is 0. The quantitative estimate of drug-likeness (QED) is 0.776. The van der Waals surface area contributed by atoms with E-state index in [-0.39, 0.29) is 5.91 Å². The van der Waals surface area contributed by atoms with Crippen LogP contribution >= 0.6 is 0 Å². The summed E-state index contributed by atoms with van der Waals surface area (Å²) in [5.41, 5.74) is 0. The van der Waals surface area contributed by atoms with E-state index in [0.29, 0.717) is 30.3 Å². The van der Waals surface area contributed by atoms with Crippen LogP contribution in [-0.2, 0) is 4.79 Å². The summed E-state index contributed by atoms with van der Waals surface area (Å²) in [6.45, 7) is 7.72. The van der Waals surface area contributed by atoms with E-state index in [4.69, 9.17) is 0 Å². The molecule has 2 rings (SSSR count). The highest BCUT2D eigenvalue weighted by atomic mass is 16.1. The van der Waals surface area contributed by atoms with Crippen molar-refractivity contribution in [3.63, 3.8) is 0 Å². The normalized spacial score (nSPS) is 31.5. The van der Waals surface area contributed by atoms with E-state index in [1.54, 1.807) is 0 Å². The van der Waals surface area contributed by atoms with Crippen LogP contribution in [0.3, 0.4) is 0 Å². The van der Waals surface area contributed by atoms with Gasteiger partial charge in [-0.15, -0.1) is 0 Å². The average molecular weight is 266 g/mol. The Kier molecular flexibility index (Phi) is 5.26. The minimum atomic E-state index is 0.234. The molecule has 3 heteroatoms. The molecule has 3 nitrogen and oxygen atoms in total. The van der Waals surface area contributed by atoms with Crippen LogP contribution in [0.2, 0.25) is 0 Å². The first kappa shape index (κ1) is 14.8. The third-order valence-electron chi connectivity index (χ3n) is 4.73. The van der Waals surface area contributed by atoms with E-state index in [9.17, 15) is 4.79 Å². The van der Waals surface area contributed by atoms with Crippen molar-refractivity contribution in [2.75, 3.05) is 6.54 Å². The second-order valence-electron chi connectivity index (χ2n) is 6.98. The van der Waals surface area contributed by atoms with E-state index in [1.165, 1.54) is 25.7 Å². The van der Waals surface area contributed by atoms with E-state index in [0.717, 1.165) is 18.9 Å². The molecule has 2 aliphatic rings. The molecule has 110 valence electrons. The Balaban J connectivity index is 1.74. The molecule has 0 aromatic heterocycles. The number of hydrogen-bond donors (Lipinski definition) is 2. The minimum Gasteiger partial charge on any atom is -0.353 e. The monoisotopic (exact) mass is 266 g/mol. The Bertz CT molecular complexity index is 299. The van der Waals surface area contributed by atoms with Gasteiger partial charge in [-0.3, -0.25) is 4.79 Å². The average Bonchev–Trinajstić information content (AvgIpc) is 3.12. The van der Waals surface area contributed by atoms with Crippen LogP contribution in [0.4, 0.5) is 0 Å². The molecular formula is C16H30N2O. The number of carbonyl (C=O) groups excluding carboxylic acids is 1. The van der Waals surface area contributed by atoms with Crippen LogP contribution in [0.1, 0.15) is 59.3 Å². The lowest BCUT2D eigenvalue weighted by Crippen LogP contribution is -2.46. The first-order chi connectivity index (χ1) is 9.06. The number of rotatable bonds is 6. The second kappa shape index (κ2) is 6.74. The zero-order chi connectivity index (χ0) is 13.8. The largest absolute Gasteiger partial charge is 0.353 e. The Labute approximate surface area is 117 Å². The fraction of sp³-hybridized carbons (Fsp3) is 0.938. The lowest BCUT2D eigenvalue weighted by molar-refractivity contribution is -0.122. The fourth-order valence-electron chi connectivity index (χ4n) is 3.32. The second-order valence-corrected chi connectivity index (χ2v) is 6.98. The molecule has 0 spiro atoms. The Morgan fingerprint density at radius 3 is 2.58 bits per heavy atom. The molecule has 2 saturated carbocycles. The first-order valence-electron chi connectivity index (χ1n) is 8.09. The fourth-order valence-corrected chi connectivity index (χ4v) is 3.32. The summed E-state index contributed by atoms with van der Waals surface area (Å²) < 4.78 is 0. The number of hydrogen-bond acceptors (Lipinski definition) is 2. The minimum absolute atomic E-state index is 0.234. The molecule has 2 aliphatic carbocycles. The summed E-state index contributed by atoms with van der Waals surface area (Å²) in [4.78, 5) is 12.0. The summed E-state index contributed by atoms with van der Waals surface area (Å²) >= 11 is 0. The van der Waals surface area contributed by atoms with Crippen molar-refractivity contribution in [3.8, 4) is 0 Å². The molecule has 0 bridgehead atoms. The Morgan fingerprint density at radius 1 is 1.21 bits per heavy atom. The zero-order valence-electron chi connectivity index (χ0n) is 12.7. The Hall–Kier alpha value is -0.570. The van der Waals surface area contributed by atoms with Gasteiger partial charge in [0.2, 0.25) is 5.91 Å². The summed E-state index contributed by atoms with van der Waals surface area (Å²) in [6.07, 6.45) is 6.95. The van der Waals surface area contributed by atoms with E-state index < -0.39 is 0 Å². The molecule has 0 saturated heterocycles. The summed E-state index contributed by atoms with van der Waals surface area (Å²) in [6, 6.07) is 1.10. The van der Waals surface area contributed by atoms with Crippen molar-refractivity contribution < 1.29 is 4.79 Å². The summed E-state index contributed by atoms with van der Waals surface area (Å²) in [5.74, 6) is 2.32. The zero-order valence-corrected chi connectivity index (χ0v) is 12.7. The van der Waals surface area contributed by atoms with Gasteiger partial charge in [0.1, 0.15) is 0 Å². The molecule has 0 aromatic carbocycles. The lowest BCUT2D eigenvalue weighted by atomic mass is 9.74. The third kappa shape index (κ3) is 4.79. The molecule has 0 aromatic rings. The number of nitrogens with one attached hydrogen (secondary N) is 2. The van der Waals surface area contributed by atoms with Crippen molar-refractivity contribution in [2.45, 2.75) is 71.4 Å². The molecule has 0 aliphatic heterocycles. The third-order valence-corrected chi connectivity index (χ3v) is 4.73. The van der Waals surface area contributed by atoms with Gasteiger partial charge < -0.3 is 10.6 Å². The molecule has 3 atom stereocenters. The van der Waals surface area contributed by atoms with E-state index in [1.807, 2.05) is 0 Å². The van der Waals surface area contributed by atoms with E-state index in [2.05, 4.69) is 31.4 Å². The maximum Gasteiger partial charge on any atom is 0.221 e. The maximum absolute atomic E-state index is 12.0. The van der Waals surface area contributed by atoms with Gasteiger partial charge in [0.25, 0.3) is 0 Å². The molecular weight excluding hydrogens is 236 g/mol. The molecule has 1 amide bonds. The maximum atomic E-state index is 12.0. The van der Waals surface area contributed by atoms with Crippen LogP contribution in [0.15, 0.2) is 0 Å². The molecule has 2 N–H and O–H groups in total.